The van der Waals surface area contributed by atoms with Gasteiger partial charge in [-0.15, -0.1) is 0 Å². The van der Waals surface area contributed by atoms with E-state index in [-0.39, 0.29) is 5.57 Å². The minimum atomic E-state index is -0.935. The first-order valence-corrected chi connectivity index (χ1v) is 13.8. The molecule has 0 atom stereocenters. The molecule has 0 rings (SSSR count). The molecule has 1 radical (unpaired) electrons. The summed E-state index contributed by atoms with van der Waals surface area (Å²) >= 11 is -0.839. The molecule has 0 saturated carbocycles. The van der Waals surface area contributed by atoms with E-state index in [0.29, 0.717) is 0 Å². The Morgan fingerprint density at radius 1 is 0.947 bits per heavy atom. The van der Waals surface area contributed by atoms with Crippen LogP contribution in [-0.4, -0.2) is 30.8 Å². The summed E-state index contributed by atoms with van der Waals surface area (Å²) in [4.78, 5) is 9.60. The molecule has 0 aliphatic rings. The third-order valence-corrected chi connectivity index (χ3v) is 12.1. The van der Waals surface area contributed by atoms with Gasteiger partial charge in [0.1, 0.15) is 0 Å². The van der Waals surface area contributed by atoms with Gasteiger partial charge in [0.15, 0.2) is 0 Å². The van der Waals surface area contributed by atoms with Gasteiger partial charge >= 0.3 is 98.3 Å². The summed E-state index contributed by atoms with van der Waals surface area (Å²) in [5.41, 5.74) is 0.176. The summed E-state index contributed by atoms with van der Waals surface area (Å²) < 4.78 is 5.04. The second-order valence-electron chi connectivity index (χ2n) is 5.15. The standard InChI is InChI=1S/C4H6O2.3C4H9.Sn/c1-3(2)4(5)6;3*1-3-4-2;/h1H2,2H3,(H,5,6);3*1,3-4H2,2H3;. The topological polar surface area (TPSA) is 37.3 Å². The van der Waals surface area contributed by atoms with Gasteiger partial charge in [0, 0.05) is 5.57 Å². The molecule has 19 heavy (non-hydrogen) atoms. The van der Waals surface area contributed by atoms with Gasteiger partial charge in [-0.25, -0.2) is 4.79 Å². The van der Waals surface area contributed by atoms with Crippen LogP contribution in [0.5, 0.6) is 0 Å². The van der Waals surface area contributed by atoms with Gasteiger partial charge in [0.2, 0.25) is 0 Å². The predicted octanol–water partition coefficient (Wildman–Crippen LogP) is 5.53. The van der Waals surface area contributed by atoms with E-state index in [1.807, 2.05) is 0 Å². The molecular formula is C16H33O2Sn. The van der Waals surface area contributed by atoms with Gasteiger partial charge in [-0.1, -0.05) is 6.58 Å². The zero-order valence-corrected chi connectivity index (χ0v) is 16.3. The zero-order valence-electron chi connectivity index (χ0n) is 13.4. The Balaban J connectivity index is 0. The molecule has 0 amide bonds. The number of hydrogen-bond acceptors (Lipinski definition) is 1. The summed E-state index contributed by atoms with van der Waals surface area (Å²) in [6.45, 7) is 11.6. The van der Waals surface area contributed by atoms with Crippen molar-refractivity contribution >= 4 is 25.7 Å². The van der Waals surface area contributed by atoms with Crippen molar-refractivity contribution in [3.63, 3.8) is 0 Å². The van der Waals surface area contributed by atoms with Gasteiger partial charge in [0.25, 0.3) is 0 Å². The van der Waals surface area contributed by atoms with Crippen molar-refractivity contribution in [3.05, 3.63) is 12.2 Å². The van der Waals surface area contributed by atoms with Crippen molar-refractivity contribution in [1.29, 1.82) is 0 Å². The van der Waals surface area contributed by atoms with E-state index >= 15 is 0 Å². The van der Waals surface area contributed by atoms with Crippen LogP contribution < -0.4 is 0 Å². The summed E-state index contributed by atoms with van der Waals surface area (Å²) in [7, 11) is 0. The van der Waals surface area contributed by atoms with Crippen molar-refractivity contribution in [2.45, 2.75) is 79.5 Å². The third-order valence-electron chi connectivity index (χ3n) is 3.02. The molecule has 0 bridgehead atoms. The fraction of sp³-hybridized carbons (Fsp3) is 0.812. The first-order chi connectivity index (χ1) is 8.99. The van der Waals surface area contributed by atoms with Crippen molar-refractivity contribution < 1.29 is 9.90 Å². The van der Waals surface area contributed by atoms with Crippen LogP contribution in [0, 0.1) is 0 Å². The molecule has 0 aromatic heterocycles. The van der Waals surface area contributed by atoms with Crippen LogP contribution in [0.2, 0.25) is 13.3 Å². The first kappa shape index (κ1) is 21.3. The van der Waals surface area contributed by atoms with Crippen LogP contribution >= 0.6 is 0 Å². The molecule has 0 aromatic rings. The average Bonchev–Trinajstić information content (AvgIpc) is 2.38. The molecule has 113 valence electrons. The van der Waals surface area contributed by atoms with E-state index in [4.69, 9.17) is 5.11 Å². The van der Waals surface area contributed by atoms with E-state index in [2.05, 4.69) is 27.4 Å². The Labute approximate surface area is 127 Å². The van der Waals surface area contributed by atoms with E-state index in [1.165, 1.54) is 45.4 Å². The van der Waals surface area contributed by atoms with Gasteiger partial charge in [-0.05, 0) is 6.92 Å². The van der Waals surface area contributed by atoms with Gasteiger partial charge < -0.3 is 5.11 Å². The molecule has 3 heteroatoms. The van der Waals surface area contributed by atoms with E-state index in [9.17, 15) is 4.79 Å². The summed E-state index contributed by atoms with van der Waals surface area (Å²) in [6.07, 6.45) is 8.85. The molecule has 0 heterocycles. The molecule has 0 spiro atoms. The number of carbonyl (C=O) groups is 1. The van der Waals surface area contributed by atoms with E-state index in [0.717, 1.165) is 0 Å². The van der Waals surface area contributed by atoms with Crippen molar-refractivity contribution in [2.75, 3.05) is 0 Å². The molecule has 1 N–H and O–H groups in total. The Morgan fingerprint density at radius 3 is 1.37 bits per heavy atom. The SMILES string of the molecule is C=C(C)C(=O)O.CCC[CH2][Sn]([CH2]CCC)[CH2]CCC. The van der Waals surface area contributed by atoms with Crippen LogP contribution in [0.3, 0.4) is 0 Å². The first-order valence-electron chi connectivity index (χ1n) is 7.71. The number of unbranched alkanes of at least 4 members (excludes halogenated alkanes) is 3. The van der Waals surface area contributed by atoms with Crippen LogP contribution in [0.15, 0.2) is 12.2 Å². The van der Waals surface area contributed by atoms with Gasteiger partial charge in [0.05, 0.1) is 0 Å². The fourth-order valence-electron chi connectivity index (χ4n) is 1.66. The predicted molar refractivity (Wildman–Crippen MR) is 87.3 cm³/mol. The van der Waals surface area contributed by atoms with Crippen molar-refractivity contribution in [2.24, 2.45) is 0 Å². The van der Waals surface area contributed by atoms with Crippen LogP contribution in [0.4, 0.5) is 0 Å². The third kappa shape index (κ3) is 18.0. The molecule has 2 nitrogen and oxygen atoms in total. The van der Waals surface area contributed by atoms with Gasteiger partial charge in [-0.2, -0.15) is 0 Å². The van der Waals surface area contributed by atoms with E-state index < -0.39 is 25.7 Å². The average molecular weight is 376 g/mol. The second-order valence-corrected chi connectivity index (χ2v) is 13.7. The molecule has 0 aliphatic carbocycles. The van der Waals surface area contributed by atoms with Crippen LogP contribution in [0.25, 0.3) is 0 Å². The molecule has 0 aliphatic heterocycles. The molecular weight excluding hydrogens is 343 g/mol. The van der Waals surface area contributed by atoms with Crippen LogP contribution in [0.1, 0.15) is 66.2 Å². The Bertz CT molecular complexity index is 196. The van der Waals surface area contributed by atoms with Crippen LogP contribution in [-0.2, 0) is 4.79 Å². The quantitative estimate of drug-likeness (QED) is 0.402. The molecule has 0 unspecified atom stereocenters. The number of rotatable bonds is 10. The van der Waals surface area contributed by atoms with Crippen molar-refractivity contribution in [3.8, 4) is 0 Å². The van der Waals surface area contributed by atoms with Gasteiger partial charge in [-0.3, -0.25) is 0 Å². The zero-order chi connectivity index (χ0) is 15.1. The maximum absolute atomic E-state index is 9.60. The molecule has 0 aromatic carbocycles. The number of hydrogen-bond donors (Lipinski definition) is 1. The van der Waals surface area contributed by atoms with Crippen molar-refractivity contribution in [1.82, 2.24) is 0 Å². The Morgan fingerprint density at radius 2 is 1.21 bits per heavy atom. The molecule has 0 saturated heterocycles. The number of carboxylic acids is 1. The Kier molecular flexibility index (Phi) is 18.0. The normalized spacial score (nSPS) is 9.95. The monoisotopic (exact) mass is 377 g/mol. The minimum absolute atomic E-state index is 0.176. The van der Waals surface area contributed by atoms with E-state index in [1.54, 1.807) is 13.3 Å². The Hall–Kier alpha value is 0.00870. The fourth-order valence-corrected chi connectivity index (χ4v) is 11.1. The maximum atomic E-state index is 9.60. The molecule has 0 fully saturated rings. The number of aliphatic carboxylic acids is 1. The summed E-state index contributed by atoms with van der Waals surface area (Å²) in [5.74, 6) is -0.935. The summed E-state index contributed by atoms with van der Waals surface area (Å²) in [6, 6.07) is 0. The number of carboxylic acid groups (broad SMARTS) is 1. The second kappa shape index (κ2) is 16.1. The summed E-state index contributed by atoms with van der Waals surface area (Å²) in [5, 5.41) is 7.89.